The fourth-order valence-electron chi connectivity index (χ4n) is 1.82. The summed E-state index contributed by atoms with van der Waals surface area (Å²) < 4.78 is 24.6. The van der Waals surface area contributed by atoms with Gasteiger partial charge < -0.3 is 5.32 Å². The summed E-state index contributed by atoms with van der Waals surface area (Å²) in [5, 5.41) is 2.76. The summed E-state index contributed by atoms with van der Waals surface area (Å²) in [5.74, 6) is -0.555. The fraction of sp³-hybridized carbons (Fsp3) is 0.364. The van der Waals surface area contributed by atoms with Crippen LogP contribution in [0.25, 0.3) is 0 Å². The van der Waals surface area contributed by atoms with Crippen LogP contribution in [0.1, 0.15) is 6.42 Å². The van der Waals surface area contributed by atoms with E-state index in [1.807, 2.05) is 12.1 Å². The second kappa shape index (κ2) is 5.46. The number of carbonyl (C=O) groups excluding carboxylic acids is 1. The Morgan fingerprint density at radius 3 is 2.72 bits per heavy atom. The second-order valence-electron chi connectivity index (χ2n) is 4.22. The predicted octanol–water partition coefficient (Wildman–Crippen LogP) is 2.43. The molecular formula is C11H11BrINO3S. The van der Waals surface area contributed by atoms with E-state index in [1.165, 1.54) is 0 Å². The summed E-state index contributed by atoms with van der Waals surface area (Å²) in [6.07, 6.45) is 0.418. The molecule has 98 valence electrons. The van der Waals surface area contributed by atoms with Crippen LogP contribution in [0.15, 0.2) is 22.7 Å². The zero-order valence-corrected chi connectivity index (χ0v) is 13.9. The van der Waals surface area contributed by atoms with E-state index in [-0.39, 0.29) is 17.4 Å². The van der Waals surface area contributed by atoms with Crippen LogP contribution in [0.5, 0.6) is 0 Å². The highest BCUT2D eigenvalue weighted by Gasteiger charge is 2.32. The summed E-state index contributed by atoms with van der Waals surface area (Å²) in [5.41, 5.74) is 0.692. The molecule has 1 saturated heterocycles. The lowest BCUT2D eigenvalue weighted by molar-refractivity contribution is -0.119. The van der Waals surface area contributed by atoms with Crippen molar-refractivity contribution in [2.24, 2.45) is 5.92 Å². The topological polar surface area (TPSA) is 63.2 Å². The summed E-state index contributed by atoms with van der Waals surface area (Å²) >= 11 is 5.53. The molecule has 2 rings (SSSR count). The minimum Gasteiger partial charge on any atom is -0.326 e. The molecule has 0 aromatic heterocycles. The van der Waals surface area contributed by atoms with Crippen molar-refractivity contribution in [1.82, 2.24) is 0 Å². The first-order valence-electron chi connectivity index (χ1n) is 5.34. The Bertz CT molecular complexity index is 588. The Morgan fingerprint density at radius 1 is 1.44 bits per heavy atom. The minimum absolute atomic E-state index is 0.0353. The van der Waals surface area contributed by atoms with Crippen LogP contribution in [0.4, 0.5) is 5.69 Å². The lowest BCUT2D eigenvalue weighted by Gasteiger charge is -2.10. The van der Waals surface area contributed by atoms with E-state index in [2.05, 4.69) is 43.8 Å². The highest BCUT2D eigenvalue weighted by Crippen LogP contribution is 2.24. The standard InChI is InChI=1S/C11H11BrINO3S/c12-9-2-1-8(5-10(9)13)14-11(15)7-3-4-18(16,17)6-7/h1-2,5,7H,3-4,6H2,(H,14,15). The van der Waals surface area contributed by atoms with Crippen molar-refractivity contribution in [2.75, 3.05) is 16.8 Å². The molecule has 1 aromatic rings. The summed E-state index contributed by atoms with van der Waals surface area (Å²) in [6.45, 7) is 0. The van der Waals surface area contributed by atoms with E-state index in [9.17, 15) is 13.2 Å². The Balaban J connectivity index is 2.06. The van der Waals surface area contributed by atoms with Crippen LogP contribution >= 0.6 is 38.5 Å². The van der Waals surface area contributed by atoms with Gasteiger partial charge in [-0.15, -0.1) is 0 Å². The molecule has 1 aliphatic rings. The van der Waals surface area contributed by atoms with Crippen LogP contribution in [0, 0.1) is 9.49 Å². The number of nitrogens with one attached hydrogen (secondary N) is 1. The average Bonchev–Trinajstić information content (AvgIpc) is 2.64. The number of rotatable bonds is 2. The van der Waals surface area contributed by atoms with E-state index in [4.69, 9.17) is 0 Å². The van der Waals surface area contributed by atoms with Gasteiger partial charge in [0, 0.05) is 13.7 Å². The largest absolute Gasteiger partial charge is 0.326 e. The van der Waals surface area contributed by atoms with Crippen LogP contribution in [0.3, 0.4) is 0 Å². The lowest BCUT2D eigenvalue weighted by atomic mass is 10.1. The molecule has 1 atom stereocenters. The van der Waals surface area contributed by atoms with Gasteiger partial charge in [-0.05, 0) is 63.1 Å². The van der Waals surface area contributed by atoms with Crippen molar-refractivity contribution in [3.63, 3.8) is 0 Å². The zero-order chi connectivity index (χ0) is 13.3. The fourth-order valence-corrected chi connectivity index (χ4v) is 4.32. The number of benzene rings is 1. The first kappa shape index (κ1) is 14.3. The van der Waals surface area contributed by atoms with Gasteiger partial charge in [0.25, 0.3) is 0 Å². The van der Waals surface area contributed by atoms with E-state index < -0.39 is 15.8 Å². The molecule has 1 fully saturated rings. The van der Waals surface area contributed by atoms with Gasteiger partial charge in [0.05, 0.1) is 17.4 Å². The molecule has 1 aliphatic heterocycles. The number of hydrogen-bond acceptors (Lipinski definition) is 3. The number of sulfone groups is 1. The van der Waals surface area contributed by atoms with Gasteiger partial charge in [-0.3, -0.25) is 4.79 Å². The molecular weight excluding hydrogens is 433 g/mol. The third-order valence-electron chi connectivity index (χ3n) is 2.79. The van der Waals surface area contributed by atoms with Gasteiger partial charge in [-0.2, -0.15) is 0 Å². The van der Waals surface area contributed by atoms with E-state index in [0.29, 0.717) is 12.1 Å². The molecule has 0 radical (unpaired) electrons. The molecule has 0 aliphatic carbocycles. The van der Waals surface area contributed by atoms with Crippen LogP contribution in [0.2, 0.25) is 0 Å². The van der Waals surface area contributed by atoms with Gasteiger partial charge in [-0.1, -0.05) is 0 Å². The Labute approximate surface area is 128 Å². The molecule has 0 saturated carbocycles. The van der Waals surface area contributed by atoms with Crippen molar-refractivity contribution in [3.8, 4) is 0 Å². The van der Waals surface area contributed by atoms with Crippen LogP contribution in [-0.4, -0.2) is 25.8 Å². The molecule has 0 spiro atoms. The monoisotopic (exact) mass is 443 g/mol. The van der Waals surface area contributed by atoms with Gasteiger partial charge in [-0.25, -0.2) is 8.42 Å². The minimum atomic E-state index is -3.02. The summed E-state index contributed by atoms with van der Waals surface area (Å²) in [4.78, 5) is 11.9. The van der Waals surface area contributed by atoms with Gasteiger partial charge in [0.15, 0.2) is 9.84 Å². The highest BCUT2D eigenvalue weighted by molar-refractivity contribution is 14.1. The Morgan fingerprint density at radius 2 is 2.17 bits per heavy atom. The number of halogens is 2. The predicted molar refractivity (Wildman–Crippen MR) is 82.2 cm³/mol. The highest BCUT2D eigenvalue weighted by atomic mass is 127. The van der Waals surface area contributed by atoms with Gasteiger partial charge in [0.2, 0.25) is 5.91 Å². The molecule has 1 unspecified atom stereocenters. The molecule has 18 heavy (non-hydrogen) atoms. The molecule has 1 aromatic carbocycles. The molecule has 1 N–H and O–H groups in total. The maximum Gasteiger partial charge on any atom is 0.228 e. The third kappa shape index (κ3) is 3.45. The van der Waals surface area contributed by atoms with Crippen LogP contribution in [-0.2, 0) is 14.6 Å². The summed E-state index contributed by atoms with van der Waals surface area (Å²) in [6, 6.07) is 5.47. The SMILES string of the molecule is O=C(Nc1ccc(Br)c(I)c1)C1CCS(=O)(=O)C1. The smallest absolute Gasteiger partial charge is 0.228 e. The Hall–Kier alpha value is -0.150. The molecule has 7 heteroatoms. The van der Waals surface area contributed by atoms with E-state index in [1.54, 1.807) is 6.07 Å². The van der Waals surface area contributed by atoms with Crippen molar-refractivity contribution >= 4 is 60.0 Å². The van der Waals surface area contributed by atoms with Crippen molar-refractivity contribution < 1.29 is 13.2 Å². The van der Waals surface area contributed by atoms with Crippen molar-refractivity contribution in [1.29, 1.82) is 0 Å². The first-order chi connectivity index (χ1) is 8.37. The maximum atomic E-state index is 11.9. The molecule has 0 bridgehead atoms. The number of hydrogen-bond donors (Lipinski definition) is 1. The first-order valence-corrected chi connectivity index (χ1v) is 9.03. The number of carbonyl (C=O) groups is 1. The normalized spacial score (nSPS) is 21.8. The van der Waals surface area contributed by atoms with Gasteiger partial charge >= 0.3 is 0 Å². The average molecular weight is 444 g/mol. The van der Waals surface area contributed by atoms with Crippen molar-refractivity contribution in [2.45, 2.75) is 6.42 Å². The number of anilines is 1. The van der Waals surface area contributed by atoms with Gasteiger partial charge in [0.1, 0.15) is 0 Å². The maximum absolute atomic E-state index is 11.9. The third-order valence-corrected chi connectivity index (χ3v) is 6.88. The van der Waals surface area contributed by atoms with Crippen molar-refractivity contribution in [3.05, 3.63) is 26.2 Å². The number of amides is 1. The Kier molecular flexibility index (Phi) is 4.32. The second-order valence-corrected chi connectivity index (χ2v) is 8.46. The van der Waals surface area contributed by atoms with E-state index >= 15 is 0 Å². The zero-order valence-electron chi connectivity index (χ0n) is 9.32. The summed E-state index contributed by atoms with van der Waals surface area (Å²) in [7, 11) is -3.02. The quantitative estimate of drug-likeness (QED) is 0.714. The molecule has 1 heterocycles. The van der Waals surface area contributed by atoms with E-state index in [0.717, 1.165) is 8.04 Å². The lowest BCUT2D eigenvalue weighted by Crippen LogP contribution is -2.23. The molecule has 1 amide bonds. The molecule has 4 nitrogen and oxygen atoms in total. The van der Waals surface area contributed by atoms with Crippen LogP contribution < -0.4 is 5.32 Å².